The molecule has 0 spiro atoms. The molecule has 1 aliphatic heterocycles. The van der Waals surface area contributed by atoms with E-state index in [0.717, 1.165) is 33.1 Å². The zero-order chi connectivity index (χ0) is 19.0. The van der Waals surface area contributed by atoms with Crippen LogP contribution in [0.4, 0.5) is 0 Å². The predicted molar refractivity (Wildman–Crippen MR) is 107 cm³/mol. The van der Waals surface area contributed by atoms with Crippen molar-refractivity contribution < 1.29 is 9.59 Å². The van der Waals surface area contributed by atoms with Crippen LogP contribution in [0.3, 0.4) is 0 Å². The number of hydrogen-bond acceptors (Lipinski definition) is 4. The van der Waals surface area contributed by atoms with E-state index in [1.54, 1.807) is 0 Å². The van der Waals surface area contributed by atoms with Crippen LogP contribution in [0.5, 0.6) is 0 Å². The number of fused-ring (bicyclic) bond motifs is 1. The third-order valence-electron chi connectivity index (χ3n) is 6.07. The Bertz CT molecular complexity index is 807. The van der Waals surface area contributed by atoms with Gasteiger partial charge in [0.1, 0.15) is 4.83 Å². The Hall–Kier alpha value is -1.89. The average molecular weight is 389 g/mol. The second kappa shape index (κ2) is 7.62. The third-order valence-corrected chi connectivity index (χ3v) is 7.26. The molecule has 2 aromatic rings. The summed E-state index contributed by atoms with van der Waals surface area (Å²) in [4.78, 5) is 31.0. The molecule has 2 fully saturated rings. The van der Waals surface area contributed by atoms with Gasteiger partial charge in [-0.15, -0.1) is 11.3 Å². The minimum Gasteiger partial charge on any atom is -0.339 e. The Kier molecular flexibility index (Phi) is 5.21. The van der Waals surface area contributed by atoms with E-state index in [1.807, 2.05) is 34.5 Å². The van der Waals surface area contributed by atoms with Crippen molar-refractivity contribution in [3.05, 3.63) is 16.6 Å². The number of carbonyl (C=O) groups is 2. The summed E-state index contributed by atoms with van der Waals surface area (Å²) >= 11 is 1.50. The molecule has 0 unspecified atom stereocenters. The highest BCUT2D eigenvalue weighted by atomic mass is 32.1. The lowest BCUT2D eigenvalue weighted by molar-refractivity contribution is -0.133. The SMILES string of the molecule is Cc1nn(C)c2sc(C(=O)N3CCN(C(=O)CCC4CCCC4)CC3)cc12. The van der Waals surface area contributed by atoms with E-state index < -0.39 is 0 Å². The molecule has 2 aliphatic rings. The monoisotopic (exact) mass is 388 g/mol. The van der Waals surface area contributed by atoms with Gasteiger partial charge < -0.3 is 9.80 Å². The largest absolute Gasteiger partial charge is 0.339 e. The standard InChI is InChI=1S/C20H28N4O2S/c1-14-16-13-17(27-20(16)22(2)21-14)19(26)24-11-9-23(10-12-24)18(25)8-7-15-5-3-4-6-15/h13,15H,3-12H2,1-2H3. The van der Waals surface area contributed by atoms with E-state index in [4.69, 9.17) is 0 Å². The van der Waals surface area contributed by atoms with Crippen molar-refractivity contribution in [2.45, 2.75) is 45.4 Å². The highest BCUT2D eigenvalue weighted by molar-refractivity contribution is 7.20. The number of amides is 2. The van der Waals surface area contributed by atoms with Crippen molar-refractivity contribution in [1.29, 1.82) is 0 Å². The lowest BCUT2D eigenvalue weighted by Gasteiger charge is -2.34. The molecule has 0 radical (unpaired) electrons. The second-order valence-electron chi connectivity index (χ2n) is 7.90. The van der Waals surface area contributed by atoms with Crippen LogP contribution < -0.4 is 0 Å². The molecule has 146 valence electrons. The summed E-state index contributed by atoms with van der Waals surface area (Å²) in [5, 5.41) is 5.46. The Morgan fingerprint density at radius 2 is 1.81 bits per heavy atom. The summed E-state index contributed by atoms with van der Waals surface area (Å²) in [5.41, 5.74) is 0.959. The van der Waals surface area contributed by atoms with Crippen molar-refractivity contribution in [3.63, 3.8) is 0 Å². The first-order valence-corrected chi connectivity index (χ1v) is 10.8. The normalized spacial score (nSPS) is 18.6. The molecule has 4 rings (SSSR count). The van der Waals surface area contributed by atoms with Gasteiger partial charge in [-0.2, -0.15) is 5.10 Å². The number of nitrogens with zero attached hydrogens (tertiary/aromatic N) is 4. The highest BCUT2D eigenvalue weighted by Gasteiger charge is 2.27. The first-order valence-electron chi connectivity index (χ1n) is 10.0. The van der Waals surface area contributed by atoms with Gasteiger partial charge in [-0.25, -0.2) is 0 Å². The quantitative estimate of drug-likeness (QED) is 0.808. The molecule has 2 aromatic heterocycles. The third kappa shape index (κ3) is 3.74. The fraction of sp³-hybridized carbons (Fsp3) is 0.650. The second-order valence-corrected chi connectivity index (χ2v) is 8.93. The molecule has 1 saturated heterocycles. The Morgan fingerprint density at radius 1 is 1.15 bits per heavy atom. The van der Waals surface area contributed by atoms with Crippen molar-refractivity contribution in [3.8, 4) is 0 Å². The van der Waals surface area contributed by atoms with Crippen LogP contribution in [-0.4, -0.2) is 57.6 Å². The summed E-state index contributed by atoms with van der Waals surface area (Å²) in [7, 11) is 1.91. The van der Waals surface area contributed by atoms with E-state index in [2.05, 4.69) is 5.10 Å². The van der Waals surface area contributed by atoms with Gasteiger partial charge in [0.25, 0.3) is 5.91 Å². The maximum Gasteiger partial charge on any atom is 0.264 e. The Balaban J connectivity index is 1.31. The molecule has 27 heavy (non-hydrogen) atoms. The zero-order valence-electron chi connectivity index (χ0n) is 16.2. The summed E-state index contributed by atoms with van der Waals surface area (Å²) < 4.78 is 1.84. The van der Waals surface area contributed by atoms with E-state index in [-0.39, 0.29) is 11.8 Å². The number of aromatic nitrogens is 2. The van der Waals surface area contributed by atoms with Gasteiger partial charge >= 0.3 is 0 Å². The lowest BCUT2D eigenvalue weighted by Crippen LogP contribution is -2.50. The van der Waals surface area contributed by atoms with Gasteiger partial charge in [0, 0.05) is 45.0 Å². The molecular weight excluding hydrogens is 360 g/mol. The summed E-state index contributed by atoms with van der Waals surface area (Å²) in [6.45, 7) is 4.53. The van der Waals surface area contributed by atoms with Gasteiger partial charge in [0.05, 0.1) is 10.6 Å². The molecule has 1 saturated carbocycles. The van der Waals surface area contributed by atoms with E-state index in [0.29, 0.717) is 32.6 Å². The fourth-order valence-corrected chi connectivity index (χ4v) is 5.50. The van der Waals surface area contributed by atoms with Gasteiger partial charge in [0.15, 0.2) is 0 Å². The van der Waals surface area contributed by atoms with Crippen molar-refractivity contribution in [2.75, 3.05) is 26.2 Å². The van der Waals surface area contributed by atoms with Crippen LogP contribution in [-0.2, 0) is 11.8 Å². The summed E-state index contributed by atoms with van der Waals surface area (Å²) in [6.07, 6.45) is 6.94. The van der Waals surface area contributed by atoms with Crippen LogP contribution in [0.25, 0.3) is 10.2 Å². The predicted octanol–water partition coefficient (Wildman–Crippen LogP) is 3.20. The summed E-state index contributed by atoms with van der Waals surface area (Å²) in [6, 6.07) is 1.96. The van der Waals surface area contributed by atoms with Crippen LogP contribution in [0.2, 0.25) is 0 Å². The minimum atomic E-state index is 0.0775. The zero-order valence-corrected chi connectivity index (χ0v) is 17.1. The Labute approximate surface area is 164 Å². The maximum absolute atomic E-state index is 12.9. The van der Waals surface area contributed by atoms with Gasteiger partial charge in [-0.3, -0.25) is 14.3 Å². The molecule has 0 bridgehead atoms. The minimum absolute atomic E-state index is 0.0775. The lowest BCUT2D eigenvalue weighted by atomic mass is 10.0. The van der Waals surface area contributed by atoms with Gasteiger partial charge in [0.2, 0.25) is 5.91 Å². The summed E-state index contributed by atoms with van der Waals surface area (Å²) in [5.74, 6) is 1.09. The van der Waals surface area contributed by atoms with Gasteiger partial charge in [-0.05, 0) is 25.3 Å². The maximum atomic E-state index is 12.9. The van der Waals surface area contributed by atoms with Crippen LogP contribution in [0.1, 0.15) is 53.9 Å². The average Bonchev–Trinajstić information content (AvgIpc) is 3.39. The number of piperazine rings is 1. The molecule has 0 atom stereocenters. The first-order chi connectivity index (χ1) is 13.0. The number of rotatable bonds is 4. The van der Waals surface area contributed by atoms with Crippen molar-refractivity contribution >= 4 is 33.4 Å². The number of hydrogen-bond donors (Lipinski definition) is 0. The number of thiophene rings is 1. The molecule has 3 heterocycles. The molecule has 1 aliphatic carbocycles. The van der Waals surface area contributed by atoms with E-state index in [9.17, 15) is 9.59 Å². The van der Waals surface area contributed by atoms with Crippen LogP contribution in [0, 0.1) is 12.8 Å². The molecule has 6 nitrogen and oxygen atoms in total. The van der Waals surface area contributed by atoms with E-state index >= 15 is 0 Å². The van der Waals surface area contributed by atoms with E-state index in [1.165, 1.54) is 37.0 Å². The topological polar surface area (TPSA) is 58.4 Å². The van der Waals surface area contributed by atoms with Crippen LogP contribution in [0.15, 0.2) is 6.07 Å². The molecule has 2 amide bonds. The fourth-order valence-electron chi connectivity index (χ4n) is 4.41. The molecule has 7 heteroatoms. The first kappa shape index (κ1) is 18.5. The van der Waals surface area contributed by atoms with Gasteiger partial charge in [-0.1, -0.05) is 25.7 Å². The van der Waals surface area contributed by atoms with Crippen molar-refractivity contribution in [2.24, 2.45) is 13.0 Å². The van der Waals surface area contributed by atoms with Crippen molar-refractivity contribution in [1.82, 2.24) is 19.6 Å². The molecular formula is C20H28N4O2S. The Morgan fingerprint density at radius 3 is 2.48 bits per heavy atom. The smallest absolute Gasteiger partial charge is 0.264 e. The molecule has 0 N–H and O–H groups in total. The van der Waals surface area contributed by atoms with Crippen LogP contribution >= 0.6 is 11.3 Å². The number of carbonyl (C=O) groups excluding carboxylic acids is 2. The molecule has 0 aromatic carbocycles. The highest BCUT2D eigenvalue weighted by Crippen LogP contribution is 2.30. The number of aryl methyl sites for hydroxylation is 2.